The van der Waals surface area contributed by atoms with Crippen LogP contribution in [0.5, 0.6) is 0 Å². The van der Waals surface area contributed by atoms with Crippen LogP contribution in [-0.2, 0) is 6.54 Å². The Bertz CT molecular complexity index is 491. The number of anilines is 3. The zero-order valence-electron chi connectivity index (χ0n) is 9.16. The van der Waals surface area contributed by atoms with Crippen molar-refractivity contribution in [1.82, 2.24) is 0 Å². The number of thiophene rings is 1. The number of rotatable bonds is 3. The number of hydrogen-bond acceptors (Lipinski definition) is 4. The van der Waals surface area contributed by atoms with Crippen LogP contribution in [0.2, 0.25) is 0 Å². The average molecular weight is 233 g/mol. The van der Waals surface area contributed by atoms with E-state index in [0.717, 1.165) is 12.2 Å². The number of hydrogen-bond donors (Lipinski definition) is 3. The highest BCUT2D eigenvalue weighted by Gasteiger charge is 2.00. The van der Waals surface area contributed by atoms with Gasteiger partial charge in [0.1, 0.15) is 0 Å². The Morgan fingerprint density at radius 2 is 2.00 bits per heavy atom. The van der Waals surface area contributed by atoms with E-state index in [-0.39, 0.29) is 0 Å². The maximum atomic E-state index is 5.74. The van der Waals surface area contributed by atoms with Gasteiger partial charge >= 0.3 is 0 Å². The number of nitrogens with one attached hydrogen (secondary N) is 1. The lowest BCUT2D eigenvalue weighted by molar-refractivity contribution is 1.14. The highest BCUT2D eigenvalue weighted by molar-refractivity contribution is 7.08. The van der Waals surface area contributed by atoms with Gasteiger partial charge in [-0.2, -0.15) is 11.3 Å². The predicted molar refractivity (Wildman–Crippen MR) is 71.6 cm³/mol. The van der Waals surface area contributed by atoms with Gasteiger partial charge in [-0.3, -0.25) is 0 Å². The zero-order chi connectivity index (χ0) is 11.5. The van der Waals surface area contributed by atoms with E-state index in [9.17, 15) is 0 Å². The fourth-order valence-electron chi connectivity index (χ4n) is 1.45. The minimum Gasteiger partial charge on any atom is -0.397 e. The summed E-state index contributed by atoms with van der Waals surface area (Å²) in [5.74, 6) is 0. The summed E-state index contributed by atoms with van der Waals surface area (Å²) in [6.45, 7) is 2.93. The molecule has 2 aromatic rings. The van der Waals surface area contributed by atoms with Gasteiger partial charge < -0.3 is 16.8 Å². The van der Waals surface area contributed by atoms with E-state index in [1.54, 1.807) is 11.3 Å². The van der Waals surface area contributed by atoms with Crippen molar-refractivity contribution in [3.63, 3.8) is 0 Å². The van der Waals surface area contributed by atoms with E-state index >= 15 is 0 Å². The molecule has 0 aliphatic heterocycles. The quantitative estimate of drug-likeness (QED) is 0.714. The van der Waals surface area contributed by atoms with E-state index in [0.29, 0.717) is 11.4 Å². The summed E-state index contributed by atoms with van der Waals surface area (Å²) in [4.78, 5) is 0. The van der Waals surface area contributed by atoms with Crippen molar-refractivity contribution in [1.29, 1.82) is 0 Å². The van der Waals surface area contributed by atoms with Gasteiger partial charge in [0.05, 0.1) is 11.4 Å². The van der Waals surface area contributed by atoms with Gasteiger partial charge in [-0.25, -0.2) is 0 Å². The molecule has 84 valence electrons. The smallest absolute Gasteiger partial charge is 0.0568 e. The Morgan fingerprint density at radius 3 is 2.62 bits per heavy atom. The fourth-order valence-corrected chi connectivity index (χ4v) is 2.31. The Kier molecular flexibility index (Phi) is 3.01. The second-order valence-corrected chi connectivity index (χ2v) is 4.52. The average Bonchev–Trinajstić information content (AvgIpc) is 2.66. The molecule has 0 amide bonds. The number of nitrogen functional groups attached to an aromatic ring is 2. The number of nitrogens with two attached hydrogens (primary N) is 2. The lowest BCUT2D eigenvalue weighted by atomic mass is 10.2. The molecule has 0 radical (unpaired) electrons. The molecule has 0 saturated heterocycles. The molecule has 16 heavy (non-hydrogen) atoms. The van der Waals surface area contributed by atoms with E-state index in [1.165, 1.54) is 11.1 Å². The molecule has 5 N–H and O–H groups in total. The molecule has 1 aromatic carbocycles. The molecule has 1 aromatic heterocycles. The third-order valence-corrected chi connectivity index (χ3v) is 3.44. The van der Waals surface area contributed by atoms with Crippen molar-refractivity contribution < 1.29 is 0 Å². The normalized spacial score (nSPS) is 10.3. The topological polar surface area (TPSA) is 64.1 Å². The summed E-state index contributed by atoms with van der Waals surface area (Å²) >= 11 is 1.72. The lowest BCUT2D eigenvalue weighted by Gasteiger charge is -2.08. The summed E-state index contributed by atoms with van der Waals surface area (Å²) in [6.07, 6.45) is 0. The van der Waals surface area contributed by atoms with Crippen molar-refractivity contribution in [2.75, 3.05) is 16.8 Å². The molecule has 0 aliphatic carbocycles. The Hall–Kier alpha value is -1.68. The fraction of sp³-hybridized carbons (Fsp3) is 0.167. The van der Waals surface area contributed by atoms with Crippen LogP contribution in [0.25, 0.3) is 0 Å². The maximum Gasteiger partial charge on any atom is 0.0568 e. The second kappa shape index (κ2) is 4.45. The highest BCUT2D eigenvalue weighted by atomic mass is 32.1. The molecule has 0 atom stereocenters. The summed E-state index contributed by atoms with van der Waals surface area (Å²) < 4.78 is 0. The first kappa shape index (κ1) is 10.8. The minimum absolute atomic E-state index is 0.618. The van der Waals surface area contributed by atoms with E-state index in [4.69, 9.17) is 11.5 Å². The molecule has 0 fully saturated rings. The van der Waals surface area contributed by atoms with E-state index < -0.39 is 0 Å². The monoisotopic (exact) mass is 233 g/mol. The molecule has 0 bridgehead atoms. The molecule has 0 unspecified atom stereocenters. The van der Waals surface area contributed by atoms with Gasteiger partial charge in [0, 0.05) is 12.2 Å². The summed E-state index contributed by atoms with van der Waals surface area (Å²) in [5.41, 5.74) is 16.3. The molecule has 0 aliphatic rings. The molecule has 4 heteroatoms. The van der Waals surface area contributed by atoms with Crippen molar-refractivity contribution in [2.24, 2.45) is 0 Å². The summed E-state index contributed by atoms with van der Waals surface area (Å²) in [6, 6.07) is 5.61. The van der Waals surface area contributed by atoms with Gasteiger partial charge in [-0.05, 0) is 47.0 Å². The molecule has 2 rings (SSSR count). The van der Waals surface area contributed by atoms with Crippen molar-refractivity contribution in [3.05, 3.63) is 40.1 Å². The number of aryl methyl sites for hydroxylation is 1. The van der Waals surface area contributed by atoms with Crippen LogP contribution in [0.3, 0.4) is 0 Å². The SMILES string of the molecule is Cc1cscc1CNc1ccc(N)c(N)c1. The van der Waals surface area contributed by atoms with E-state index in [1.807, 2.05) is 18.2 Å². The van der Waals surface area contributed by atoms with E-state index in [2.05, 4.69) is 23.0 Å². The Morgan fingerprint density at radius 1 is 1.19 bits per heavy atom. The van der Waals surface area contributed by atoms with Gasteiger partial charge in [0.15, 0.2) is 0 Å². The lowest BCUT2D eigenvalue weighted by Crippen LogP contribution is -2.01. The largest absolute Gasteiger partial charge is 0.397 e. The van der Waals surface area contributed by atoms with Crippen LogP contribution in [-0.4, -0.2) is 0 Å². The molecular weight excluding hydrogens is 218 g/mol. The van der Waals surface area contributed by atoms with Crippen LogP contribution in [0.4, 0.5) is 17.1 Å². The van der Waals surface area contributed by atoms with Gasteiger partial charge in [0.25, 0.3) is 0 Å². The van der Waals surface area contributed by atoms with Crippen LogP contribution >= 0.6 is 11.3 Å². The molecule has 1 heterocycles. The van der Waals surface area contributed by atoms with Gasteiger partial charge in [-0.15, -0.1) is 0 Å². The minimum atomic E-state index is 0.618. The van der Waals surface area contributed by atoms with Crippen LogP contribution in [0.1, 0.15) is 11.1 Å². The standard InChI is InChI=1S/C12H15N3S/c1-8-6-16-7-9(8)5-15-10-2-3-11(13)12(14)4-10/h2-4,6-7,15H,5,13-14H2,1H3. The van der Waals surface area contributed by atoms with Crippen LogP contribution in [0.15, 0.2) is 29.0 Å². The number of benzene rings is 1. The molecular formula is C12H15N3S. The predicted octanol–water partition coefficient (Wildman–Crippen LogP) is 2.83. The summed E-state index contributed by atoms with van der Waals surface area (Å²) in [7, 11) is 0. The van der Waals surface area contributed by atoms with Crippen LogP contribution < -0.4 is 16.8 Å². The zero-order valence-corrected chi connectivity index (χ0v) is 9.97. The first-order chi connectivity index (χ1) is 7.66. The third kappa shape index (κ3) is 2.28. The van der Waals surface area contributed by atoms with Crippen LogP contribution in [0, 0.1) is 6.92 Å². The van der Waals surface area contributed by atoms with Crippen molar-refractivity contribution >= 4 is 28.4 Å². The molecule has 0 saturated carbocycles. The van der Waals surface area contributed by atoms with Gasteiger partial charge in [0.2, 0.25) is 0 Å². The molecule has 0 spiro atoms. The Labute approximate surface area is 99.1 Å². The highest BCUT2D eigenvalue weighted by Crippen LogP contribution is 2.21. The first-order valence-corrected chi connectivity index (χ1v) is 6.01. The maximum absolute atomic E-state index is 5.74. The van der Waals surface area contributed by atoms with Gasteiger partial charge in [-0.1, -0.05) is 0 Å². The van der Waals surface area contributed by atoms with Crippen molar-refractivity contribution in [2.45, 2.75) is 13.5 Å². The second-order valence-electron chi connectivity index (χ2n) is 3.78. The van der Waals surface area contributed by atoms with Crippen molar-refractivity contribution in [3.8, 4) is 0 Å². The Balaban J connectivity index is 2.05. The third-order valence-electron chi connectivity index (χ3n) is 2.53. The molecule has 3 nitrogen and oxygen atoms in total. The summed E-state index contributed by atoms with van der Waals surface area (Å²) in [5, 5.41) is 7.63. The first-order valence-electron chi connectivity index (χ1n) is 5.07.